The molecule has 0 bridgehead atoms. The fourth-order valence-electron chi connectivity index (χ4n) is 1.29. The fourth-order valence-corrected chi connectivity index (χ4v) is 1.29. The van der Waals surface area contributed by atoms with E-state index >= 15 is 0 Å². The number of phenols is 1. The summed E-state index contributed by atoms with van der Waals surface area (Å²) in [4.78, 5) is 9.00. The van der Waals surface area contributed by atoms with Crippen molar-refractivity contribution >= 4 is 11.9 Å². The van der Waals surface area contributed by atoms with Crippen molar-refractivity contribution < 1.29 is 15.0 Å². The molecule has 0 aliphatic carbocycles. The minimum atomic E-state index is -0.833. The predicted molar refractivity (Wildman–Crippen MR) is 80.7 cm³/mol. The lowest BCUT2D eigenvalue weighted by Gasteiger charge is -2.00. The second kappa shape index (κ2) is 13.2. The third kappa shape index (κ3) is 21.1. The number of carbonyl (C=O) groups is 1. The number of benzene rings is 1. The van der Waals surface area contributed by atoms with Crippen LogP contribution in [0, 0.1) is 5.41 Å². The molecule has 0 atom stereocenters. The summed E-state index contributed by atoms with van der Waals surface area (Å²) in [5, 5.41) is 22.6. The van der Waals surface area contributed by atoms with Crippen LogP contribution in [0.5, 0.6) is 5.75 Å². The number of phenolic OH excluding ortho intramolecular Hbond substituents is 1. The first-order valence-electron chi connectivity index (χ1n) is 6.36. The maximum absolute atomic E-state index is 9.17. The number of nitrogens with one attached hydrogen (secondary N) is 1. The maximum Gasteiger partial charge on any atom is 0.300 e. The fraction of sp³-hybridized carbons (Fsp3) is 0.429. The van der Waals surface area contributed by atoms with Crippen LogP contribution >= 0.6 is 0 Å². The standard InChI is InChI=1S/C11H16O.C2H4O2.CH5N3/c1-2-3-4-6-10-7-5-8-11(12)9-10;1-2(3)4;2-1(3)4/h5,7-9,12H,2-4,6H2,1H3;1H3,(H,3,4);(H5,2,3,4). The minimum Gasteiger partial charge on any atom is -0.508 e. The normalized spacial score (nSPS) is 8.50. The summed E-state index contributed by atoms with van der Waals surface area (Å²) in [5.74, 6) is -0.788. The summed E-state index contributed by atoms with van der Waals surface area (Å²) in [6.07, 6.45) is 4.83. The third-order valence-corrected chi connectivity index (χ3v) is 1.98. The second-order valence-electron chi connectivity index (χ2n) is 4.10. The van der Waals surface area contributed by atoms with Gasteiger partial charge in [-0.05, 0) is 30.5 Å². The van der Waals surface area contributed by atoms with Crippen LogP contribution in [0.25, 0.3) is 0 Å². The molecule has 1 aromatic carbocycles. The van der Waals surface area contributed by atoms with Gasteiger partial charge in [0.25, 0.3) is 5.97 Å². The van der Waals surface area contributed by atoms with E-state index in [9.17, 15) is 0 Å². The van der Waals surface area contributed by atoms with Gasteiger partial charge in [0.15, 0.2) is 5.96 Å². The van der Waals surface area contributed by atoms with E-state index in [2.05, 4.69) is 24.5 Å². The first-order chi connectivity index (χ1) is 9.29. The molecule has 0 aromatic heterocycles. The lowest BCUT2D eigenvalue weighted by atomic mass is 10.1. The Hall–Kier alpha value is -2.24. The van der Waals surface area contributed by atoms with Crippen molar-refractivity contribution in [3.8, 4) is 5.75 Å². The van der Waals surface area contributed by atoms with E-state index in [4.69, 9.17) is 20.4 Å². The van der Waals surface area contributed by atoms with Crippen molar-refractivity contribution in [2.24, 2.45) is 11.5 Å². The largest absolute Gasteiger partial charge is 0.508 e. The van der Waals surface area contributed by atoms with Gasteiger partial charge in [-0.2, -0.15) is 0 Å². The Balaban J connectivity index is 0. The predicted octanol–water partition coefficient (Wildman–Crippen LogP) is 2.05. The van der Waals surface area contributed by atoms with Gasteiger partial charge in [0.2, 0.25) is 0 Å². The number of aliphatic carboxylic acids is 1. The van der Waals surface area contributed by atoms with Gasteiger partial charge in [0.1, 0.15) is 5.75 Å². The number of aryl methyl sites for hydroxylation is 1. The average molecular weight is 283 g/mol. The third-order valence-electron chi connectivity index (χ3n) is 1.98. The van der Waals surface area contributed by atoms with Crippen LogP contribution in [0.1, 0.15) is 38.7 Å². The molecule has 0 aliphatic heterocycles. The van der Waals surface area contributed by atoms with Gasteiger partial charge in [-0.3, -0.25) is 10.2 Å². The Morgan fingerprint density at radius 2 is 1.80 bits per heavy atom. The molecule has 6 nitrogen and oxygen atoms in total. The van der Waals surface area contributed by atoms with Crippen molar-refractivity contribution in [2.45, 2.75) is 39.5 Å². The molecule has 6 heteroatoms. The molecular weight excluding hydrogens is 258 g/mol. The van der Waals surface area contributed by atoms with E-state index in [1.54, 1.807) is 6.07 Å². The molecule has 0 unspecified atom stereocenters. The average Bonchev–Trinajstić information content (AvgIpc) is 2.28. The van der Waals surface area contributed by atoms with Crippen LogP contribution in [-0.4, -0.2) is 22.1 Å². The van der Waals surface area contributed by atoms with Crippen molar-refractivity contribution in [2.75, 3.05) is 0 Å². The van der Waals surface area contributed by atoms with Gasteiger partial charge in [-0.25, -0.2) is 0 Å². The maximum atomic E-state index is 9.17. The Labute approximate surface area is 119 Å². The van der Waals surface area contributed by atoms with Crippen LogP contribution < -0.4 is 11.5 Å². The molecule has 0 saturated carbocycles. The molecule has 0 fully saturated rings. The molecule has 7 N–H and O–H groups in total. The van der Waals surface area contributed by atoms with E-state index in [0.29, 0.717) is 5.75 Å². The Morgan fingerprint density at radius 3 is 2.20 bits per heavy atom. The van der Waals surface area contributed by atoms with Crippen LogP contribution in [-0.2, 0) is 11.2 Å². The van der Waals surface area contributed by atoms with Crippen molar-refractivity contribution in [3.63, 3.8) is 0 Å². The topological polar surface area (TPSA) is 133 Å². The Morgan fingerprint density at radius 1 is 1.30 bits per heavy atom. The minimum absolute atomic E-state index is 0.333. The second-order valence-corrected chi connectivity index (χ2v) is 4.10. The molecule has 0 amide bonds. The monoisotopic (exact) mass is 283 g/mol. The van der Waals surface area contributed by atoms with Crippen LogP contribution in [0.15, 0.2) is 24.3 Å². The van der Waals surface area contributed by atoms with Crippen LogP contribution in [0.3, 0.4) is 0 Å². The summed E-state index contributed by atoms with van der Waals surface area (Å²) >= 11 is 0. The van der Waals surface area contributed by atoms with Gasteiger partial charge in [-0.1, -0.05) is 31.9 Å². The van der Waals surface area contributed by atoms with Gasteiger partial charge in [0, 0.05) is 6.92 Å². The van der Waals surface area contributed by atoms with E-state index in [1.807, 2.05) is 12.1 Å². The Bertz CT molecular complexity index is 375. The summed E-state index contributed by atoms with van der Waals surface area (Å²) in [6.45, 7) is 3.28. The molecule has 0 saturated heterocycles. The highest BCUT2D eigenvalue weighted by molar-refractivity contribution is 5.71. The summed E-state index contributed by atoms with van der Waals surface area (Å²) < 4.78 is 0. The number of hydrogen-bond acceptors (Lipinski definition) is 3. The zero-order chi connectivity index (χ0) is 16.0. The highest BCUT2D eigenvalue weighted by atomic mass is 16.4. The van der Waals surface area contributed by atoms with Crippen molar-refractivity contribution in [1.82, 2.24) is 0 Å². The molecule has 0 heterocycles. The number of hydrogen-bond donors (Lipinski definition) is 5. The molecule has 20 heavy (non-hydrogen) atoms. The smallest absolute Gasteiger partial charge is 0.300 e. The number of unbranched alkanes of at least 4 members (excludes halogenated alkanes) is 2. The molecular formula is C14H25N3O3. The number of carboxylic acid groups (broad SMARTS) is 1. The van der Waals surface area contributed by atoms with Crippen LogP contribution in [0.2, 0.25) is 0 Å². The van der Waals surface area contributed by atoms with Gasteiger partial charge >= 0.3 is 0 Å². The zero-order valence-electron chi connectivity index (χ0n) is 12.1. The van der Waals surface area contributed by atoms with Crippen molar-refractivity contribution in [3.05, 3.63) is 29.8 Å². The van der Waals surface area contributed by atoms with E-state index < -0.39 is 5.97 Å². The van der Waals surface area contributed by atoms with Gasteiger partial charge in [0.05, 0.1) is 0 Å². The SMILES string of the molecule is CC(=O)O.CCCCCc1cccc(O)c1.N=C(N)N. The molecule has 0 radical (unpaired) electrons. The number of aromatic hydroxyl groups is 1. The summed E-state index contributed by atoms with van der Waals surface area (Å²) in [6, 6.07) is 7.52. The number of carboxylic acids is 1. The molecule has 1 aromatic rings. The van der Waals surface area contributed by atoms with E-state index in [0.717, 1.165) is 13.3 Å². The molecule has 114 valence electrons. The van der Waals surface area contributed by atoms with Crippen molar-refractivity contribution in [1.29, 1.82) is 5.41 Å². The van der Waals surface area contributed by atoms with Gasteiger partial charge in [-0.15, -0.1) is 0 Å². The lowest BCUT2D eigenvalue weighted by Crippen LogP contribution is -2.20. The first kappa shape index (κ1) is 20.1. The van der Waals surface area contributed by atoms with E-state index in [1.165, 1.54) is 24.8 Å². The van der Waals surface area contributed by atoms with E-state index in [-0.39, 0.29) is 5.96 Å². The number of rotatable bonds is 4. The first-order valence-corrected chi connectivity index (χ1v) is 6.36. The Kier molecular flexibility index (Phi) is 13.3. The number of nitrogens with two attached hydrogens (primary N) is 2. The molecule has 0 aliphatic rings. The summed E-state index contributed by atoms with van der Waals surface area (Å²) in [5.41, 5.74) is 10.2. The molecule has 0 spiro atoms. The van der Waals surface area contributed by atoms with Crippen LogP contribution in [0.4, 0.5) is 0 Å². The summed E-state index contributed by atoms with van der Waals surface area (Å²) in [7, 11) is 0. The van der Waals surface area contributed by atoms with Gasteiger partial charge < -0.3 is 21.7 Å². The molecule has 1 rings (SSSR count). The zero-order valence-corrected chi connectivity index (χ0v) is 12.1. The number of guanidine groups is 1. The highest BCUT2D eigenvalue weighted by Gasteiger charge is 1.93. The highest BCUT2D eigenvalue weighted by Crippen LogP contribution is 2.13. The lowest BCUT2D eigenvalue weighted by molar-refractivity contribution is -0.134. The quantitative estimate of drug-likeness (QED) is 0.327.